The van der Waals surface area contributed by atoms with Gasteiger partial charge in [-0.15, -0.1) is 0 Å². The summed E-state index contributed by atoms with van der Waals surface area (Å²) in [5.74, 6) is -0.448. The first-order chi connectivity index (χ1) is 15.6. The smallest absolute Gasteiger partial charge is 0.328 e. The Morgan fingerprint density at radius 2 is 1.75 bits per heavy atom. The molecule has 0 aromatic heterocycles. The highest BCUT2D eigenvalue weighted by Crippen LogP contribution is 2.41. The predicted octanol–water partition coefficient (Wildman–Crippen LogP) is 4.90. The topological polar surface area (TPSA) is 66.8 Å². The number of carbonyl (C=O) groups excluding carboxylic acids is 1. The minimum atomic E-state index is -0.970. The Balaban J connectivity index is 1.80. The van der Waals surface area contributed by atoms with Gasteiger partial charge in [-0.25, -0.2) is 4.79 Å². The van der Waals surface area contributed by atoms with Crippen LogP contribution in [0, 0.1) is 0 Å². The number of rotatable bonds is 6. The monoisotopic (exact) mass is 433 g/mol. The Morgan fingerprint density at radius 3 is 2.44 bits per heavy atom. The number of amides is 1. The van der Waals surface area contributed by atoms with E-state index in [1.54, 1.807) is 6.08 Å². The van der Waals surface area contributed by atoms with Crippen LogP contribution in [0.4, 0.5) is 0 Å². The highest BCUT2D eigenvalue weighted by Gasteiger charge is 2.24. The molecule has 2 aromatic rings. The Labute approximate surface area is 189 Å². The minimum Gasteiger partial charge on any atom is -0.478 e. The van der Waals surface area contributed by atoms with Gasteiger partial charge in [0.2, 0.25) is 5.91 Å². The number of aliphatic carboxylic acids is 1. The van der Waals surface area contributed by atoms with E-state index in [9.17, 15) is 9.59 Å². The highest BCUT2D eigenvalue weighted by molar-refractivity contribution is 5.87. The van der Waals surface area contributed by atoms with E-state index in [-0.39, 0.29) is 5.91 Å². The molecule has 2 aromatic carbocycles. The second-order valence-electron chi connectivity index (χ2n) is 8.69. The van der Waals surface area contributed by atoms with Crippen LogP contribution in [-0.2, 0) is 20.7 Å². The fraction of sp³-hybridized carbons (Fsp3) is 0.407. The Hall–Kier alpha value is -2.92. The van der Waals surface area contributed by atoms with Gasteiger partial charge in [0, 0.05) is 19.2 Å². The summed E-state index contributed by atoms with van der Waals surface area (Å²) < 4.78 is 5.41. The zero-order valence-corrected chi connectivity index (χ0v) is 18.5. The summed E-state index contributed by atoms with van der Waals surface area (Å²) in [5.41, 5.74) is 5.32. The van der Waals surface area contributed by atoms with Crippen molar-refractivity contribution < 1.29 is 19.4 Å². The lowest BCUT2D eigenvalue weighted by molar-refractivity contribution is -0.134. The Bertz CT molecular complexity index is 971. The largest absolute Gasteiger partial charge is 0.478 e. The first kappa shape index (κ1) is 22.3. The van der Waals surface area contributed by atoms with Gasteiger partial charge in [-0.3, -0.25) is 4.79 Å². The van der Waals surface area contributed by atoms with Crippen LogP contribution in [0.3, 0.4) is 0 Å². The zero-order valence-electron chi connectivity index (χ0n) is 18.5. The molecule has 1 aliphatic heterocycles. The van der Waals surface area contributed by atoms with E-state index in [1.165, 1.54) is 30.9 Å². The van der Waals surface area contributed by atoms with Crippen molar-refractivity contribution in [3.63, 3.8) is 0 Å². The van der Waals surface area contributed by atoms with Gasteiger partial charge >= 0.3 is 5.97 Å². The molecule has 1 saturated heterocycles. The number of carboxylic acids is 1. The SMILES string of the molecule is O=C(O)C=Cc1cc(CC(=O)N2CCOCC2)c(-c2ccccc2)c(C2CCCCC2)c1. The molecule has 4 rings (SSSR count). The number of carbonyl (C=O) groups is 2. The summed E-state index contributed by atoms with van der Waals surface area (Å²) in [4.78, 5) is 26.2. The summed E-state index contributed by atoms with van der Waals surface area (Å²) in [6.07, 6.45) is 9.05. The van der Waals surface area contributed by atoms with E-state index in [1.807, 2.05) is 29.2 Å². The van der Waals surface area contributed by atoms with Crippen molar-refractivity contribution in [2.45, 2.75) is 44.4 Å². The standard InChI is InChI=1S/C27H31NO4/c29-25(28-13-15-32-16-14-28)19-23-17-20(11-12-26(30)31)18-24(21-7-3-1-4-8-21)27(23)22-9-5-2-6-10-22/h2,5-6,9-12,17-18,21H,1,3-4,7-8,13-16,19H2,(H,30,31). The first-order valence-electron chi connectivity index (χ1n) is 11.6. The van der Waals surface area contributed by atoms with E-state index in [2.05, 4.69) is 18.2 Å². The molecule has 0 unspecified atom stereocenters. The normalized spacial score (nSPS) is 17.6. The third kappa shape index (κ3) is 5.46. The minimum absolute atomic E-state index is 0.0967. The van der Waals surface area contributed by atoms with E-state index in [0.717, 1.165) is 35.1 Å². The summed E-state index contributed by atoms with van der Waals surface area (Å²) in [6, 6.07) is 14.4. The van der Waals surface area contributed by atoms with E-state index in [0.29, 0.717) is 38.6 Å². The van der Waals surface area contributed by atoms with Crippen LogP contribution in [-0.4, -0.2) is 48.2 Å². The maximum Gasteiger partial charge on any atom is 0.328 e. The number of hydrogen-bond donors (Lipinski definition) is 1. The van der Waals surface area contributed by atoms with Gasteiger partial charge in [-0.2, -0.15) is 0 Å². The number of morpholine rings is 1. The van der Waals surface area contributed by atoms with Crippen molar-refractivity contribution in [3.8, 4) is 11.1 Å². The maximum absolute atomic E-state index is 13.2. The average molecular weight is 434 g/mol. The molecule has 32 heavy (non-hydrogen) atoms. The lowest BCUT2D eigenvalue weighted by atomic mass is 9.78. The summed E-state index contributed by atoms with van der Waals surface area (Å²) in [7, 11) is 0. The summed E-state index contributed by atoms with van der Waals surface area (Å²) >= 11 is 0. The van der Waals surface area contributed by atoms with Crippen LogP contribution >= 0.6 is 0 Å². The van der Waals surface area contributed by atoms with Crippen molar-refractivity contribution in [1.82, 2.24) is 4.90 Å². The Morgan fingerprint density at radius 1 is 1.03 bits per heavy atom. The van der Waals surface area contributed by atoms with Crippen molar-refractivity contribution in [2.24, 2.45) is 0 Å². The fourth-order valence-electron chi connectivity index (χ4n) is 4.94. The molecule has 5 nitrogen and oxygen atoms in total. The molecule has 1 aliphatic carbocycles. The molecule has 168 valence electrons. The molecule has 0 atom stereocenters. The highest BCUT2D eigenvalue weighted by atomic mass is 16.5. The molecular weight excluding hydrogens is 402 g/mol. The van der Waals surface area contributed by atoms with Gasteiger partial charge in [0.05, 0.1) is 19.6 Å². The maximum atomic E-state index is 13.2. The van der Waals surface area contributed by atoms with E-state index >= 15 is 0 Å². The van der Waals surface area contributed by atoms with E-state index in [4.69, 9.17) is 9.84 Å². The van der Waals surface area contributed by atoms with Crippen molar-refractivity contribution >= 4 is 18.0 Å². The number of hydrogen-bond acceptors (Lipinski definition) is 3. The molecule has 2 aliphatic rings. The zero-order chi connectivity index (χ0) is 22.3. The first-order valence-corrected chi connectivity index (χ1v) is 11.6. The van der Waals surface area contributed by atoms with Gasteiger partial charge in [-0.05, 0) is 52.7 Å². The second-order valence-corrected chi connectivity index (χ2v) is 8.69. The van der Waals surface area contributed by atoms with Crippen molar-refractivity contribution in [3.05, 3.63) is 65.2 Å². The van der Waals surface area contributed by atoms with Gasteiger partial charge in [-0.1, -0.05) is 61.7 Å². The molecule has 5 heteroatoms. The van der Waals surface area contributed by atoms with Crippen LogP contribution in [0.2, 0.25) is 0 Å². The third-order valence-corrected chi connectivity index (χ3v) is 6.50. The van der Waals surface area contributed by atoms with Gasteiger partial charge in [0.15, 0.2) is 0 Å². The van der Waals surface area contributed by atoms with Crippen molar-refractivity contribution in [2.75, 3.05) is 26.3 Å². The molecular formula is C27H31NO4. The van der Waals surface area contributed by atoms with Crippen LogP contribution in [0.1, 0.15) is 54.7 Å². The number of ether oxygens (including phenoxy) is 1. The lowest BCUT2D eigenvalue weighted by Crippen LogP contribution is -2.41. The predicted molar refractivity (Wildman–Crippen MR) is 125 cm³/mol. The van der Waals surface area contributed by atoms with Crippen LogP contribution in [0.25, 0.3) is 17.2 Å². The lowest BCUT2D eigenvalue weighted by Gasteiger charge is -2.29. The Kier molecular flexibility index (Phi) is 7.38. The molecule has 1 heterocycles. The molecule has 1 amide bonds. The third-order valence-electron chi connectivity index (χ3n) is 6.50. The fourth-order valence-corrected chi connectivity index (χ4v) is 4.94. The molecule has 0 bridgehead atoms. The average Bonchev–Trinajstić information content (AvgIpc) is 2.84. The van der Waals surface area contributed by atoms with E-state index < -0.39 is 5.97 Å². The van der Waals surface area contributed by atoms with Crippen LogP contribution in [0.15, 0.2) is 48.5 Å². The molecule has 0 radical (unpaired) electrons. The second kappa shape index (κ2) is 10.6. The molecule has 0 spiro atoms. The quantitative estimate of drug-likeness (QED) is 0.658. The van der Waals surface area contributed by atoms with Gasteiger partial charge < -0.3 is 14.7 Å². The van der Waals surface area contributed by atoms with Gasteiger partial charge in [0.25, 0.3) is 0 Å². The number of carboxylic acid groups (broad SMARTS) is 1. The summed E-state index contributed by atoms with van der Waals surface area (Å²) in [5, 5.41) is 9.15. The summed E-state index contributed by atoms with van der Waals surface area (Å²) in [6.45, 7) is 2.39. The molecule has 1 N–H and O–H groups in total. The molecule has 2 fully saturated rings. The van der Waals surface area contributed by atoms with Crippen LogP contribution in [0.5, 0.6) is 0 Å². The van der Waals surface area contributed by atoms with Crippen molar-refractivity contribution in [1.29, 1.82) is 0 Å². The number of benzene rings is 2. The number of nitrogens with zero attached hydrogens (tertiary/aromatic N) is 1. The van der Waals surface area contributed by atoms with Crippen LogP contribution < -0.4 is 0 Å². The van der Waals surface area contributed by atoms with Gasteiger partial charge in [0.1, 0.15) is 0 Å². The molecule has 1 saturated carbocycles.